The molecule has 2 saturated heterocycles. The Morgan fingerprint density at radius 1 is 1.11 bits per heavy atom. The lowest BCUT2D eigenvalue weighted by Gasteiger charge is -2.37. The maximum absolute atomic E-state index is 12.3. The van der Waals surface area contributed by atoms with E-state index in [-0.39, 0.29) is 5.91 Å². The van der Waals surface area contributed by atoms with Crippen LogP contribution >= 0.6 is 0 Å². The minimum Gasteiger partial charge on any atom is -0.399 e. The first-order valence-corrected chi connectivity index (χ1v) is 6.61. The van der Waals surface area contributed by atoms with E-state index in [4.69, 9.17) is 15.2 Å². The van der Waals surface area contributed by atoms with Crippen molar-refractivity contribution in [2.75, 3.05) is 32.0 Å². The molecule has 0 aliphatic carbocycles. The minimum atomic E-state index is -0.433. The number of anilines is 1. The molecule has 3 rings (SSSR count). The number of ether oxygens (including phenoxy) is 2. The number of nitrogens with zero attached hydrogens (tertiary/aromatic N) is 1. The molecule has 5 heteroatoms. The average Bonchev–Trinajstić information content (AvgIpc) is 2.88. The molecule has 1 amide bonds. The van der Waals surface area contributed by atoms with Crippen LogP contribution in [0.1, 0.15) is 23.2 Å². The number of hydrogen-bond acceptors (Lipinski definition) is 4. The van der Waals surface area contributed by atoms with Crippen LogP contribution in [0.4, 0.5) is 5.69 Å². The first kappa shape index (κ1) is 12.4. The molecule has 2 N–H and O–H groups in total. The highest BCUT2D eigenvalue weighted by molar-refractivity contribution is 5.94. The van der Waals surface area contributed by atoms with E-state index < -0.39 is 5.79 Å². The molecule has 0 unspecified atom stereocenters. The standard InChI is InChI=1S/C14H18N2O3/c15-12-3-1-11(2-4-12)13(17)16-7-5-14(6-8-16)18-9-10-19-14/h1-4H,5-10,15H2. The lowest BCUT2D eigenvalue weighted by atomic mass is 10.0. The number of likely N-dealkylation sites (tertiary alicyclic amines) is 1. The van der Waals surface area contributed by atoms with Gasteiger partial charge < -0.3 is 20.1 Å². The third-order valence-corrected chi connectivity index (χ3v) is 3.78. The number of nitrogens with two attached hydrogens (primary N) is 1. The Morgan fingerprint density at radius 2 is 1.68 bits per heavy atom. The fourth-order valence-corrected chi connectivity index (χ4v) is 2.64. The second kappa shape index (κ2) is 4.83. The zero-order chi connectivity index (χ0) is 13.3. The maximum Gasteiger partial charge on any atom is 0.253 e. The molecule has 0 atom stereocenters. The second-order valence-electron chi connectivity index (χ2n) is 5.02. The van der Waals surface area contributed by atoms with Gasteiger partial charge in [-0.3, -0.25) is 4.79 Å². The second-order valence-corrected chi connectivity index (χ2v) is 5.02. The topological polar surface area (TPSA) is 64.8 Å². The molecule has 0 saturated carbocycles. The van der Waals surface area contributed by atoms with Crippen LogP contribution in [0.15, 0.2) is 24.3 Å². The number of piperidine rings is 1. The van der Waals surface area contributed by atoms with Gasteiger partial charge in [-0.25, -0.2) is 0 Å². The van der Waals surface area contributed by atoms with Crippen molar-refractivity contribution in [3.8, 4) is 0 Å². The Hall–Kier alpha value is -1.59. The number of nitrogen functional groups attached to an aromatic ring is 1. The third-order valence-electron chi connectivity index (χ3n) is 3.78. The van der Waals surface area contributed by atoms with E-state index in [0.717, 1.165) is 12.8 Å². The van der Waals surface area contributed by atoms with E-state index in [1.54, 1.807) is 24.3 Å². The lowest BCUT2D eigenvalue weighted by Crippen LogP contribution is -2.47. The minimum absolute atomic E-state index is 0.0489. The summed E-state index contributed by atoms with van der Waals surface area (Å²) in [5.74, 6) is -0.384. The third kappa shape index (κ3) is 2.43. The molecule has 2 heterocycles. The van der Waals surface area contributed by atoms with Crippen molar-refractivity contribution < 1.29 is 14.3 Å². The predicted octanol–water partition coefficient (Wildman–Crippen LogP) is 1.25. The number of hydrogen-bond donors (Lipinski definition) is 1. The van der Waals surface area contributed by atoms with E-state index in [2.05, 4.69) is 0 Å². The zero-order valence-electron chi connectivity index (χ0n) is 10.8. The van der Waals surface area contributed by atoms with E-state index in [1.165, 1.54) is 0 Å². The van der Waals surface area contributed by atoms with Crippen molar-refractivity contribution in [1.29, 1.82) is 0 Å². The summed E-state index contributed by atoms with van der Waals surface area (Å²) in [5.41, 5.74) is 6.97. The van der Waals surface area contributed by atoms with Gasteiger partial charge in [0.1, 0.15) is 0 Å². The van der Waals surface area contributed by atoms with Gasteiger partial charge in [0.2, 0.25) is 0 Å². The van der Waals surface area contributed by atoms with Crippen LogP contribution in [0.2, 0.25) is 0 Å². The lowest BCUT2D eigenvalue weighted by molar-refractivity contribution is -0.181. The molecule has 102 valence electrons. The first-order valence-electron chi connectivity index (χ1n) is 6.61. The van der Waals surface area contributed by atoms with Crippen LogP contribution in [0.5, 0.6) is 0 Å². The molecule has 0 radical (unpaired) electrons. The summed E-state index contributed by atoms with van der Waals surface area (Å²) >= 11 is 0. The molecule has 2 aliphatic heterocycles. The highest BCUT2D eigenvalue weighted by Crippen LogP contribution is 2.31. The Bertz CT molecular complexity index is 456. The van der Waals surface area contributed by atoms with Gasteiger partial charge in [0, 0.05) is 37.2 Å². The van der Waals surface area contributed by atoms with Crippen LogP contribution in [-0.2, 0) is 9.47 Å². The van der Waals surface area contributed by atoms with Gasteiger partial charge in [-0.05, 0) is 24.3 Å². The van der Waals surface area contributed by atoms with Gasteiger partial charge in [-0.2, -0.15) is 0 Å². The molecule has 5 nitrogen and oxygen atoms in total. The predicted molar refractivity (Wildman–Crippen MR) is 70.6 cm³/mol. The van der Waals surface area contributed by atoms with Crippen molar-refractivity contribution in [1.82, 2.24) is 4.90 Å². The van der Waals surface area contributed by atoms with Gasteiger partial charge in [-0.15, -0.1) is 0 Å². The Kier molecular flexibility index (Phi) is 3.16. The molecular formula is C14H18N2O3. The average molecular weight is 262 g/mol. The zero-order valence-corrected chi connectivity index (χ0v) is 10.8. The van der Waals surface area contributed by atoms with E-state index in [1.807, 2.05) is 4.90 Å². The summed E-state index contributed by atoms with van der Waals surface area (Å²) in [6.07, 6.45) is 1.49. The molecule has 1 aromatic rings. The van der Waals surface area contributed by atoms with E-state index in [0.29, 0.717) is 37.6 Å². The molecule has 2 fully saturated rings. The van der Waals surface area contributed by atoms with Gasteiger partial charge >= 0.3 is 0 Å². The van der Waals surface area contributed by atoms with Gasteiger partial charge in [0.25, 0.3) is 5.91 Å². The molecule has 0 aromatic heterocycles. The molecule has 19 heavy (non-hydrogen) atoms. The van der Waals surface area contributed by atoms with Crippen LogP contribution in [-0.4, -0.2) is 42.9 Å². The SMILES string of the molecule is Nc1ccc(C(=O)N2CCC3(CC2)OCCO3)cc1. The quantitative estimate of drug-likeness (QED) is 0.774. The summed E-state index contributed by atoms with van der Waals surface area (Å²) in [6.45, 7) is 2.66. The van der Waals surface area contributed by atoms with Crippen LogP contribution in [0, 0.1) is 0 Å². The normalized spacial score (nSPS) is 21.8. The summed E-state index contributed by atoms with van der Waals surface area (Å²) in [5, 5.41) is 0. The Labute approximate surface area is 112 Å². The monoisotopic (exact) mass is 262 g/mol. The van der Waals surface area contributed by atoms with Crippen molar-refractivity contribution in [3.05, 3.63) is 29.8 Å². The number of benzene rings is 1. The highest BCUT2D eigenvalue weighted by Gasteiger charge is 2.40. The molecule has 1 aromatic carbocycles. The van der Waals surface area contributed by atoms with Crippen LogP contribution in [0.3, 0.4) is 0 Å². The van der Waals surface area contributed by atoms with Gasteiger partial charge in [-0.1, -0.05) is 0 Å². The van der Waals surface area contributed by atoms with Gasteiger partial charge in [0.05, 0.1) is 13.2 Å². The number of rotatable bonds is 1. The smallest absolute Gasteiger partial charge is 0.253 e. The summed E-state index contributed by atoms with van der Waals surface area (Å²) in [7, 11) is 0. The van der Waals surface area contributed by atoms with E-state index >= 15 is 0 Å². The van der Waals surface area contributed by atoms with Crippen molar-refractivity contribution in [3.63, 3.8) is 0 Å². The van der Waals surface area contributed by atoms with Crippen LogP contribution < -0.4 is 5.73 Å². The fraction of sp³-hybridized carbons (Fsp3) is 0.500. The number of carbonyl (C=O) groups is 1. The van der Waals surface area contributed by atoms with Crippen LogP contribution in [0.25, 0.3) is 0 Å². The molecule has 2 aliphatic rings. The summed E-state index contributed by atoms with van der Waals surface area (Å²) in [4.78, 5) is 14.2. The number of amides is 1. The molecular weight excluding hydrogens is 244 g/mol. The molecule has 0 bridgehead atoms. The Balaban J connectivity index is 1.64. The highest BCUT2D eigenvalue weighted by atomic mass is 16.7. The largest absolute Gasteiger partial charge is 0.399 e. The van der Waals surface area contributed by atoms with Gasteiger partial charge in [0.15, 0.2) is 5.79 Å². The first-order chi connectivity index (χ1) is 9.19. The maximum atomic E-state index is 12.3. The summed E-state index contributed by atoms with van der Waals surface area (Å²) < 4.78 is 11.3. The fourth-order valence-electron chi connectivity index (χ4n) is 2.64. The van der Waals surface area contributed by atoms with Crippen molar-refractivity contribution >= 4 is 11.6 Å². The number of carbonyl (C=O) groups excluding carboxylic acids is 1. The van der Waals surface area contributed by atoms with E-state index in [9.17, 15) is 4.79 Å². The summed E-state index contributed by atoms with van der Waals surface area (Å²) in [6, 6.07) is 7.04. The Morgan fingerprint density at radius 3 is 2.26 bits per heavy atom. The van der Waals surface area contributed by atoms with Crippen molar-refractivity contribution in [2.45, 2.75) is 18.6 Å². The molecule has 1 spiro atoms. The van der Waals surface area contributed by atoms with Crippen molar-refractivity contribution in [2.24, 2.45) is 0 Å².